The second kappa shape index (κ2) is 5.08. The number of carboxylic acid groups (broad SMARTS) is 1. The van der Waals surface area contributed by atoms with Gasteiger partial charge in [-0.1, -0.05) is 0 Å². The number of nitrogens with one attached hydrogen (secondary N) is 1. The molecule has 0 aliphatic heterocycles. The number of carbonyl (C=O) groups is 2. The lowest BCUT2D eigenvalue weighted by Gasteiger charge is -2.14. The molecule has 0 heterocycles. The van der Waals surface area contributed by atoms with Gasteiger partial charge in [0.15, 0.2) is 9.84 Å². The van der Waals surface area contributed by atoms with Gasteiger partial charge < -0.3 is 15.5 Å². The first-order valence-corrected chi connectivity index (χ1v) is 5.98. The summed E-state index contributed by atoms with van der Waals surface area (Å²) in [5, 5.41) is 17.6. The van der Waals surface area contributed by atoms with Crippen LogP contribution in [0.2, 0.25) is 0 Å². The van der Waals surface area contributed by atoms with Gasteiger partial charge in [-0.25, -0.2) is 13.2 Å². The van der Waals surface area contributed by atoms with Crippen LogP contribution in [0.15, 0.2) is 0 Å². The molecule has 0 aliphatic carbocycles. The zero-order chi connectivity index (χ0) is 12.2. The summed E-state index contributed by atoms with van der Waals surface area (Å²) in [5.74, 6) is -2.37. The van der Waals surface area contributed by atoms with E-state index in [1.807, 2.05) is 5.32 Å². The summed E-state index contributed by atoms with van der Waals surface area (Å²) >= 11 is 0. The van der Waals surface area contributed by atoms with Gasteiger partial charge in [-0.15, -0.1) is 0 Å². The Morgan fingerprint density at radius 3 is 2.13 bits per heavy atom. The Bertz CT molecular complexity index is 348. The fourth-order valence-electron chi connectivity index (χ4n) is 0.669. The lowest BCUT2D eigenvalue weighted by Crippen LogP contribution is -2.48. The van der Waals surface area contributed by atoms with Gasteiger partial charge in [0.1, 0.15) is 11.3 Å². The molecule has 15 heavy (non-hydrogen) atoms. The zero-order valence-electron chi connectivity index (χ0n) is 8.30. The molecule has 2 atom stereocenters. The van der Waals surface area contributed by atoms with Gasteiger partial charge in [-0.3, -0.25) is 4.79 Å². The first-order chi connectivity index (χ1) is 6.70. The van der Waals surface area contributed by atoms with Crippen LogP contribution >= 0.6 is 0 Å². The second-order valence-electron chi connectivity index (χ2n) is 3.05. The van der Waals surface area contributed by atoms with E-state index in [0.29, 0.717) is 0 Å². The smallest absolute Gasteiger partial charge is 0.328 e. The molecule has 88 valence electrons. The number of sulfone groups is 1. The zero-order valence-corrected chi connectivity index (χ0v) is 9.11. The number of aliphatic carboxylic acids is 1. The van der Waals surface area contributed by atoms with E-state index in [2.05, 4.69) is 0 Å². The molecule has 0 aromatic rings. The predicted molar refractivity (Wildman–Crippen MR) is 51.0 cm³/mol. The molecule has 0 saturated carbocycles. The number of hydrogen-bond donors (Lipinski definition) is 3. The third-order valence-corrected chi connectivity index (χ3v) is 3.31. The number of rotatable bonds is 5. The number of carboxylic acids is 1. The average Bonchev–Trinajstić information content (AvgIpc) is 2.10. The van der Waals surface area contributed by atoms with Crippen molar-refractivity contribution < 1.29 is 28.2 Å². The van der Waals surface area contributed by atoms with E-state index in [-0.39, 0.29) is 0 Å². The highest BCUT2D eigenvalue weighted by Crippen LogP contribution is 1.98. The number of carbonyl (C=O) groups excluding carboxylic acids is 1. The molecule has 0 aromatic carbocycles. The molecule has 0 aliphatic rings. The van der Waals surface area contributed by atoms with Crippen molar-refractivity contribution in [3.05, 3.63) is 0 Å². The molecular weight excluding hydrogens is 226 g/mol. The Morgan fingerprint density at radius 1 is 1.40 bits per heavy atom. The van der Waals surface area contributed by atoms with Crippen LogP contribution in [0.4, 0.5) is 0 Å². The number of aliphatic hydroxyl groups is 1. The van der Waals surface area contributed by atoms with Crippen LogP contribution in [0.25, 0.3) is 0 Å². The number of aliphatic hydroxyl groups excluding tert-OH is 1. The van der Waals surface area contributed by atoms with Gasteiger partial charge in [0, 0.05) is 6.26 Å². The van der Waals surface area contributed by atoms with Crippen LogP contribution in [-0.4, -0.2) is 54.7 Å². The molecule has 0 fully saturated rings. The molecular formula is C7H13NO6S. The van der Waals surface area contributed by atoms with Crippen molar-refractivity contribution in [1.82, 2.24) is 5.32 Å². The molecule has 0 radical (unpaired) electrons. The quantitative estimate of drug-likeness (QED) is 0.509. The van der Waals surface area contributed by atoms with Gasteiger partial charge >= 0.3 is 5.97 Å². The lowest BCUT2D eigenvalue weighted by molar-refractivity contribution is -0.142. The van der Waals surface area contributed by atoms with Gasteiger partial charge in [0.05, 0.1) is 6.61 Å². The molecule has 0 bridgehead atoms. The van der Waals surface area contributed by atoms with Crippen molar-refractivity contribution in [2.45, 2.75) is 18.2 Å². The Balaban J connectivity index is 4.56. The van der Waals surface area contributed by atoms with E-state index in [9.17, 15) is 18.0 Å². The van der Waals surface area contributed by atoms with Crippen molar-refractivity contribution in [1.29, 1.82) is 0 Å². The summed E-state index contributed by atoms with van der Waals surface area (Å²) in [7, 11) is -3.57. The molecule has 1 amide bonds. The highest BCUT2D eigenvalue weighted by atomic mass is 32.2. The van der Waals surface area contributed by atoms with Crippen LogP contribution in [0.1, 0.15) is 6.92 Å². The maximum Gasteiger partial charge on any atom is 0.328 e. The summed E-state index contributed by atoms with van der Waals surface area (Å²) in [5.41, 5.74) is 0. The van der Waals surface area contributed by atoms with E-state index in [1.54, 1.807) is 0 Å². The first kappa shape index (κ1) is 13.8. The minimum absolute atomic E-state index is 0.794. The number of hydrogen-bond acceptors (Lipinski definition) is 5. The summed E-state index contributed by atoms with van der Waals surface area (Å²) in [4.78, 5) is 21.6. The molecule has 0 saturated heterocycles. The standard InChI is InChI=1S/C7H13NO6S/c1-4(15(2,13)14)6(10)8-5(3-9)7(11)12/h4-5,9H,3H2,1-2H3,(H,8,10)(H,11,12). The maximum atomic E-state index is 11.2. The summed E-state index contributed by atoms with van der Waals surface area (Å²) in [6, 6.07) is -1.48. The Labute approximate surface area is 87.0 Å². The van der Waals surface area contributed by atoms with Crippen molar-refractivity contribution in [2.75, 3.05) is 12.9 Å². The normalized spacial score (nSPS) is 15.4. The third kappa shape index (κ3) is 4.26. The fraction of sp³-hybridized carbons (Fsp3) is 0.714. The lowest BCUT2D eigenvalue weighted by atomic mass is 10.3. The largest absolute Gasteiger partial charge is 0.480 e. The van der Waals surface area contributed by atoms with Gasteiger partial charge in [0.25, 0.3) is 0 Å². The van der Waals surface area contributed by atoms with Crippen LogP contribution in [0.3, 0.4) is 0 Å². The number of amides is 1. The van der Waals surface area contributed by atoms with Crippen molar-refractivity contribution in [3.63, 3.8) is 0 Å². The average molecular weight is 239 g/mol. The minimum atomic E-state index is -3.57. The Kier molecular flexibility index (Phi) is 4.69. The SMILES string of the molecule is CC(C(=O)NC(CO)C(=O)O)S(C)(=O)=O. The van der Waals surface area contributed by atoms with Crippen LogP contribution in [-0.2, 0) is 19.4 Å². The summed E-state index contributed by atoms with van der Waals surface area (Å²) in [6.07, 6.45) is 0.867. The molecule has 2 unspecified atom stereocenters. The minimum Gasteiger partial charge on any atom is -0.480 e. The van der Waals surface area contributed by atoms with Gasteiger partial charge in [0.2, 0.25) is 5.91 Å². The molecule has 0 spiro atoms. The van der Waals surface area contributed by atoms with Crippen molar-refractivity contribution >= 4 is 21.7 Å². The highest BCUT2D eigenvalue weighted by molar-refractivity contribution is 7.92. The predicted octanol–water partition coefficient (Wildman–Crippen LogP) is -2.02. The van der Waals surface area contributed by atoms with E-state index in [4.69, 9.17) is 10.2 Å². The maximum absolute atomic E-state index is 11.2. The fourth-order valence-corrected chi connectivity index (χ4v) is 1.13. The van der Waals surface area contributed by atoms with E-state index in [1.165, 1.54) is 0 Å². The second-order valence-corrected chi connectivity index (χ2v) is 5.42. The summed E-state index contributed by atoms with van der Waals surface area (Å²) in [6.45, 7) is 0.346. The molecule has 0 rings (SSSR count). The van der Waals surface area contributed by atoms with E-state index >= 15 is 0 Å². The summed E-state index contributed by atoms with van der Waals surface area (Å²) < 4.78 is 21.9. The Hall–Kier alpha value is -1.15. The Morgan fingerprint density at radius 2 is 1.87 bits per heavy atom. The molecule has 3 N–H and O–H groups in total. The van der Waals surface area contributed by atoms with Crippen LogP contribution < -0.4 is 5.32 Å². The molecule has 8 heteroatoms. The monoisotopic (exact) mass is 239 g/mol. The van der Waals surface area contributed by atoms with Gasteiger partial charge in [-0.05, 0) is 6.92 Å². The van der Waals surface area contributed by atoms with E-state index in [0.717, 1.165) is 13.2 Å². The van der Waals surface area contributed by atoms with E-state index < -0.39 is 39.6 Å². The van der Waals surface area contributed by atoms with Crippen LogP contribution in [0.5, 0.6) is 0 Å². The third-order valence-electron chi connectivity index (χ3n) is 1.81. The van der Waals surface area contributed by atoms with Crippen molar-refractivity contribution in [3.8, 4) is 0 Å². The molecule has 7 nitrogen and oxygen atoms in total. The first-order valence-electron chi connectivity index (χ1n) is 4.03. The topological polar surface area (TPSA) is 121 Å². The highest BCUT2D eigenvalue weighted by Gasteiger charge is 2.27. The van der Waals surface area contributed by atoms with Crippen LogP contribution in [0, 0.1) is 0 Å². The van der Waals surface area contributed by atoms with Gasteiger partial charge in [-0.2, -0.15) is 0 Å². The molecule has 0 aromatic heterocycles. The van der Waals surface area contributed by atoms with Crippen molar-refractivity contribution in [2.24, 2.45) is 0 Å².